The predicted molar refractivity (Wildman–Crippen MR) is 83.9 cm³/mol. The molecule has 1 heterocycles. The van der Waals surface area contributed by atoms with Gasteiger partial charge in [-0.15, -0.1) is 11.3 Å². The fourth-order valence-electron chi connectivity index (χ4n) is 1.89. The zero-order valence-electron chi connectivity index (χ0n) is 12.9. The molecule has 1 aromatic rings. The molecule has 1 aromatic heterocycles. The van der Waals surface area contributed by atoms with Gasteiger partial charge in [-0.3, -0.25) is 0 Å². The Kier molecular flexibility index (Phi) is 4.29. The van der Waals surface area contributed by atoms with Crippen molar-refractivity contribution in [1.82, 2.24) is 10.3 Å². The summed E-state index contributed by atoms with van der Waals surface area (Å²) in [6, 6.07) is 0. The summed E-state index contributed by atoms with van der Waals surface area (Å²) in [5, 5.41) is 3.70. The lowest BCUT2D eigenvalue weighted by atomic mass is 10.1. The molecule has 0 aromatic carbocycles. The first-order chi connectivity index (χ1) is 9.08. The first-order valence-electron chi connectivity index (χ1n) is 7.01. The van der Waals surface area contributed by atoms with Crippen LogP contribution in [0.2, 0.25) is 0 Å². The van der Waals surface area contributed by atoms with E-state index in [0.717, 1.165) is 17.2 Å². The SMILES string of the molecule is CC(c1nc(C2CC2)c(CNC(C)(C)C)s1)S(C)(=O)=O. The molecule has 0 amide bonds. The lowest BCUT2D eigenvalue weighted by Crippen LogP contribution is -2.35. The number of nitrogens with zero attached hydrogens (tertiary/aromatic N) is 1. The highest BCUT2D eigenvalue weighted by Crippen LogP contribution is 2.44. The van der Waals surface area contributed by atoms with Crippen molar-refractivity contribution < 1.29 is 8.42 Å². The highest BCUT2D eigenvalue weighted by atomic mass is 32.2. The molecule has 114 valence electrons. The molecule has 0 bridgehead atoms. The summed E-state index contributed by atoms with van der Waals surface area (Å²) in [6.07, 6.45) is 3.64. The van der Waals surface area contributed by atoms with E-state index in [1.165, 1.54) is 24.0 Å². The summed E-state index contributed by atoms with van der Waals surface area (Å²) in [4.78, 5) is 5.84. The minimum atomic E-state index is -3.08. The van der Waals surface area contributed by atoms with Gasteiger partial charge in [-0.2, -0.15) is 0 Å². The van der Waals surface area contributed by atoms with Crippen LogP contribution in [0.4, 0.5) is 0 Å². The van der Waals surface area contributed by atoms with E-state index in [4.69, 9.17) is 0 Å². The zero-order valence-corrected chi connectivity index (χ0v) is 14.5. The normalized spacial score (nSPS) is 18.2. The van der Waals surface area contributed by atoms with E-state index >= 15 is 0 Å². The fraction of sp³-hybridized carbons (Fsp3) is 0.786. The number of sulfone groups is 1. The maximum atomic E-state index is 11.7. The molecule has 0 saturated heterocycles. The predicted octanol–water partition coefficient (Wildman–Crippen LogP) is 3.01. The van der Waals surface area contributed by atoms with Crippen LogP contribution < -0.4 is 5.32 Å². The number of nitrogens with one attached hydrogen (secondary N) is 1. The van der Waals surface area contributed by atoms with Crippen LogP contribution in [0.3, 0.4) is 0 Å². The Morgan fingerprint density at radius 1 is 1.40 bits per heavy atom. The molecule has 6 heteroatoms. The minimum Gasteiger partial charge on any atom is -0.307 e. The molecular formula is C14H24N2O2S2. The Morgan fingerprint density at radius 3 is 2.45 bits per heavy atom. The van der Waals surface area contributed by atoms with Gasteiger partial charge in [0.25, 0.3) is 0 Å². The summed E-state index contributed by atoms with van der Waals surface area (Å²) in [7, 11) is -3.08. The van der Waals surface area contributed by atoms with Gasteiger partial charge in [0.05, 0.1) is 5.69 Å². The number of hydrogen-bond donors (Lipinski definition) is 1. The minimum absolute atomic E-state index is 0.0490. The van der Waals surface area contributed by atoms with E-state index in [1.807, 2.05) is 0 Å². The first-order valence-corrected chi connectivity index (χ1v) is 9.78. The van der Waals surface area contributed by atoms with E-state index in [2.05, 4.69) is 31.1 Å². The van der Waals surface area contributed by atoms with Crippen molar-refractivity contribution in [3.8, 4) is 0 Å². The van der Waals surface area contributed by atoms with Crippen LogP contribution in [0.15, 0.2) is 0 Å². The standard InChI is InChI=1S/C14H24N2O2S2/c1-9(20(5,17)18)13-16-12(10-6-7-10)11(19-13)8-15-14(2,3)4/h9-10,15H,6-8H2,1-5H3. The van der Waals surface area contributed by atoms with Crippen molar-refractivity contribution >= 4 is 21.2 Å². The van der Waals surface area contributed by atoms with Crippen molar-refractivity contribution in [2.45, 2.75) is 63.8 Å². The average Bonchev–Trinajstić information content (AvgIpc) is 3.04. The van der Waals surface area contributed by atoms with Crippen LogP contribution >= 0.6 is 11.3 Å². The fourth-order valence-corrected chi connectivity index (χ4v) is 4.00. The third-order valence-corrected chi connectivity index (χ3v) is 6.39. The second-order valence-electron chi connectivity index (χ2n) is 6.71. The van der Waals surface area contributed by atoms with E-state index in [1.54, 1.807) is 18.3 Å². The summed E-state index contributed by atoms with van der Waals surface area (Å²) < 4.78 is 23.4. The molecule has 4 nitrogen and oxygen atoms in total. The molecule has 1 unspecified atom stereocenters. The molecule has 1 N–H and O–H groups in total. The molecule has 0 radical (unpaired) electrons. The topological polar surface area (TPSA) is 59.1 Å². The van der Waals surface area contributed by atoms with E-state index in [9.17, 15) is 8.42 Å². The molecule has 1 saturated carbocycles. The van der Waals surface area contributed by atoms with Gasteiger partial charge in [-0.05, 0) is 40.5 Å². The maximum absolute atomic E-state index is 11.7. The Balaban J connectivity index is 2.24. The largest absolute Gasteiger partial charge is 0.307 e. The highest BCUT2D eigenvalue weighted by Gasteiger charge is 2.32. The first kappa shape index (κ1) is 15.9. The Labute approximate surface area is 125 Å². The molecule has 1 aliphatic rings. The van der Waals surface area contributed by atoms with Gasteiger partial charge in [-0.1, -0.05) is 0 Å². The second-order valence-corrected chi connectivity index (χ2v) is 10.2. The lowest BCUT2D eigenvalue weighted by molar-refractivity contribution is 0.425. The van der Waals surface area contributed by atoms with E-state index in [0.29, 0.717) is 5.92 Å². The molecule has 0 spiro atoms. The molecular weight excluding hydrogens is 292 g/mol. The van der Waals surface area contributed by atoms with Gasteiger partial charge in [-0.25, -0.2) is 13.4 Å². The molecule has 0 aliphatic heterocycles. The molecule has 1 fully saturated rings. The Hall–Kier alpha value is -0.460. The molecule has 2 rings (SSSR count). The van der Waals surface area contributed by atoms with Crippen LogP contribution in [0.5, 0.6) is 0 Å². The van der Waals surface area contributed by atoms with Gasteiger partial charge in [0.1, 0.15) is 10.3 Å². The smallest absolute Gasteiger partial charge is 0.156 e. The number of rotatable bonds is 5. The van der Waals surface area contributed by atoms with Crippen molar-refractivity contribution in [1.29, 1.82) is 0 Å². The van der Waals surface area contributed by atoms with E-state index in [-0.39, 0.29) is 5.54 Å². The summed E-state index contributed by atoms with van der Waals surface area (Å²) in [6.45, 7) is 8.88. The monoisotopic (exact) mass is 316 g/mol. The average molecular weight is 316 g/mol. The van der Waals surface area contributed by atoms with Crippen molar-refractivity contribution in [2.75, 3.05) is 6.26 Å². The van der Waals surface area contributed by atoms with Crippen molar-refractivity contribution in [2.24, 2.45) is 0 Å². The highest BCUT2D eigenvalue weighted by molar-refractivity contribution is 7.91. The van der Waals surface area contributed by atoms with Gasteiger partial charge in [0.15, 0.2) is 9.84 Å². The summed E-state index contributed by atoms with van der Waals surface area (Å²) >= 11 is 1.55. The van der Waals surface area contributed by atoms with Crippen LogP contribution in [-0.4, -0.2) is 25.2 Å². The summed E-state index contributed by atoms with van der Waals surface area (Å²) in [5.74, 6) is 0.545. The van der Waals surface area contributed by atoms with Crippen molar-refractivity contribution in [3.05, 3.63) is 15.6 Å². The Morgan fingerprint density at radius 2 is 2.00 bits per heavy atom. The Bertz CT molecular complexity index is 581. The third kappa shape index (κ3) is 4.02. The third-order valence-electron chi connectivity index (χ3n) is 3.48. The molecule has 1 atom stereocenters. The number of thiazole rings is 1. The number of hydrogen-bond acceptors (Lipinski definition) is 5. The van der Waals surface area contributed by atoms with Crippen LogP contribution in [0.1, 0.15) is 67.3 Å². The van der Waals surface area contributed by atoms with E-state index < -0.39 is 15.1 Å². The van der Waals surface area contributed by atoms with Gasteiger partial charge in [0, 0.05) is 29.1 Å². The van der Waals surface area contributed by atoms with Gasteiger partial charge < -0.3 is 5.32 Å². The second kappa shape index (κ2) is 5.39. The maximum Gasteiger partial charge on any atom is 0.156 e. The number of aromatic nitrogens is 1. The van der Waals surface area contributed by atoms with Crippen LogP contribution in [0.25, 0.3) is 0 Å². The molecule has 1 aliphatic carbocycles. The zero-order chi connectivity index (χ0) is 15.1. The lowest BCUT2D eigenvalue weighted by Gasteiger charge is -2.20. The van der Waals surface area contributed by atoms with Crippen LogP contribution in [-0.2, 0) is 16.4 Å². The van der Waals surface area contributed by atoms with Crippen molar-refractivity contribution in [3.63, 3.8) is 0 Å². The molecule has 20 heavy (non-hydrogen) atoms. The van der Waals surface area contributed by atoms with Gasteiger partial charge in [0.2, 0.25) is 0 Å². The summed E-state index contributed by atoms with van der Waals surface area (Å²) in [5.41, 5.74) is 1.17. The van der Waals surface area contributed by atoms with Crippen LogP contribution in [0, 0.1) is 0 Å². The quantitative estimate of drug-likeness (QED) is 0.907. The van der Waals surface area contributed by atoms with Gasteiger partial charge >= 0.3 is 0 Å².